The van der Waals surface area contributed by atoms with Gasteiger partial charge in [-0.1, -0.05) is 48.5 Å². The number of likely N-dealkylation sites (tertiary alicyclic amines) is 1. The molecule has 4 aromatic rings. The SMILES string of the molecule is O=C(Nc1ccc2c(c1)oc1ccccc12)[C@@H]1C[C@@H](O)CN1C(=O)OCc1ccccc1. The third-order valence-electron chi connectivity index (χ3n) is 5.67. The number of benzene rings is 3. The number of carbonyl (C=O) groups is 2. The number of carbonyl (C=O) groups excluding carboxylic acids is 2. The van der Waals surface area contributed by atoms with E-state index in [1.165, 1.54) is 4.90 Å². The summed E-state index contributed by atoms with van der Waals surface area (Å²) in [6.07, 6.45) is -1.26. The van der Waals surface area contributed by atoms with Crippen LogP contribution in [-0.4, -0.2) is 40.7 Å². The summed E-state index contributed by atoms with van der Waals surface area (Å²) < 4.78 is 11.2. The van der Waals surface area contributed by atoms with Crippen molar-refractivity contribution < 1.29 is 23.8 Å². The Labute approximate surface area is 184 Å². The predicted octanol–water partition coefficient (Wildman–Crippen LogP) is 4.30. The van der Waals surface area contributed by atoms with Crippen LogP contribution in [0.4, 0.5) is 10.5 Å². The summed E-state index contributed by atoms with van der Waals surface area (Å²) in [6.45, 7) is 0.150. The van der Waals surface area contributed by atoms with Gasteiger partial charge in [-0.05, 0) is 23.8 Å². The highest BCUT2D eigenvalue weighted by molar-refractivity contribution is 6.06. The third-order valence-corrected chi connectivity index (χ3v) is 5.67. The van der Waals surface area contributed by atoms with Crippen LogP contribution in [0.3, 0.4) is 0 Å². The van der Waals surface area contributed by atoms with Crippen LogP contribution in [0.25, 0.3) is 21.9 Å². The van der Waals surface area contributed by atoms with Crippen LogP contribution >= 0.6 is 0 Å². The van der Waals surface area contributed by atoms with Gasteiger partial charge in [0.2, 0.25) is 5.91 Å². The van der Waals surface area contributed by atoms with E-state index in [9.17, 15) is 14.7 Å². The van der Waals surface area contributed by atoms with Gasteiger partial charge in [-0.3, -0.25) is 9.69 Å². The third kappa shape index (κ3) is 3.90. The Morgan fingerprint density at radius 1 is 1.00 bits per heavy atom. The molecule has 2 N–H and O–H groups in total. The van der Waals surface area contributed by atoms with Gasteiger partial charge in [0, 0.05) is 28.9 Å². The minimum Gasteiger partial charge on any atom is -0.456 e. The largest absolute Gasteiger partial charge is 0.456 e. The molecular weight excluding hydrogens is 408 g/mol. The van der Waals surface area contributed by atoms with Gasteiger partial charge in [0.1, 0.15) is 23.8 Å². The molecule has 1 fully saturated rings. The molecule has 1 aliphatic rings. The highest BCUT2D eigenvalue weighted by Gasteiger charge is 2.40. The minimum absolute atomic E-state index is 0.0499. The van der Waals surface area contributed by atoms with Crippen molar-refractivity contribution in [3.05, 3.63) is 78.4 Å². The van der Waals surface area contributed by atoms with Gasteiger partial charge in [-0.2, -0.15) is 0 Å². The van der Waals surface area contributed by atoms with Crippen LogP contribution in [0.2, 0.25) is 0 Å². The topological polar surface area (TPSA) is 92.0 Å². The summed E-state index contributed by atoms with van der Waals surface area (Å²) in [4.78, 5) is 26.8. The maximum Gasteiger partial charge on any atom is 0.410 e. The molecular formula is C25H22N2O5. The first-order valence-corrected chi connectivity index (χ1v) is 10.5. The summed E-state index contributed by atoms with van der Waals surface area (Å²) in [7, 11) is 0. The number of hydrogen-bond donors (Lipinski definition) is 2. The van der Waals surface area contributed by atoms with Crippen molar-refractivity contribution in [1.29, 1.82) is 0 Å². The molecule has 1 aliphatic heterocycles. The molecule has 0 radical (unpaired) electrons. The standard InChI is InChI=1S/C25H22N2O5/c28-18-13-21(27(14-18)25(30)31-15-16-6-2-1-3-7-16)24(29)26-17-10-11-20-19-8-4-5-9-22(19)32-23(20)12-17/h1-12,18,21,28H,13-15H2,(H,26,29)/t18-,21+/m1/s1. The van der Waals surface area contributed by atoms with E-state index in [2.05, 4.69) is 5.32 Å². The number of amides is 2. The molecule has 2 heterocycles. The van der Waals surface area contributed by atoms with Gasteiger partial charge < -0.3 is 19.6 Å². The normalized spacial score (nSPS) is 18.2. The number of nitrogens with zero attached hydrogens (tertiary/aromatic N) is 1. The van der Waals surface area contributed by atoms with Crippen LogP contribution in [0, 0.1) is 0 Å². The second-order valence-electron chi connectivity index (χ2n) is 7.90. The maximum atomic E-state index is 13.0. The number of β-amino-alcohol motifs (C(OH)–C–C–N with tert-alkyl or cyclic N) is 1. The van der Waals surface area contributed by atoms with Crippen molar-refractivity contribution in [2.45, 2.75) is 25.2 Å². The van der Waals surface area contributed by atoms with E-state index < -0.39 is 18.2 Å². The number of rotatable bonds is 4. The Morgan fingerprint density at radius 2 is 1.75 bits per heavy atom. The fraction of sp³-hybridized carbons (Fsp3) is 0.200. The number of hydrogen-bond acceptors (Lipinski definition) is 5. The van der Waals surface area contributed by atoms with Crippen LogP contribution in [0.5, 0.6) is 0 Å². The molecule has 2 atom stereocenters. The first kappa shape index (κ1) is 20.1. The molecule has 0 unspecified atom stereocenters. The predicted molar refractivity (Wildman–Crippen MR) is 120 cm³/mol. The fourth-order valence-electron chi connectivity index (χ4n) is 4.10. The van der Waals surface area contributed by atoms with E-state index >= 15 is 0 Å². The van der Waals surface area contributed by atoms with Crippen LogP contribution in [-0.2, 0) is 16.1 Å². The van der Waals surface area contributed by atoms with Crippen molar-refractivity contribution in [1.82, 2.24) is 4.90 Å². The average molecular weight is 430 g/mol. The molecule has 162 valence electrons. The summed E-state index contributed by atoms with van der Waals surface area (Å²) in [6, 6.07) is 21.7. The Balaban J connectivity index is 1.30. The highest BCUT2D eigenvalue weighted by atomic mass is 16.6. The molecule has 0 aliphatic carbocycles. The van der Waals surface area contributed by atoms with E-state index in [1.54, 1.807) is 12.1 Å². The second-order valence-corrected chi connectivity index (χ2v) is 7.90. The molecule has 5 rings (SSSR count). The van der Waals surface area contributed by atoms with Crippen molar-refractivity contribution in [3.63, 3.8) is 0 Å². The summed E-state index contributed by atoms with van der Waals surface area (Å²) in [5.41, 5.74) is 2.84. The number of aliphatic hydroxyl groups is 1. The van der Waals surface area contributed by atoms with Gasteiger partial charge in [0.15, 0.2) is 0 Å². The minimum atomic E-state index is -0.820. The number of para-hydroxylation sites is 1. The summed E-state index contributed by atoms with van der Waals surface area (Å²) >= 11 is 0. The summed E-state index contributed by atoms with van der Waals surface area (Å²) in [5.74, 6) is -0.381. The zero-order valence-corrected chi connectivity index (χ0v) is 17.2. The van der Waals surface area contributed by atoms with Gasteiger partial charge in [-0.15, -0.1) is 0 Å². The van der Waals surface area contributed by atoms with Gasteiger partial charge >= 0.3 is 6.09 Å². The lowest BCUT2D eigenvalue weighted by molar-refractivity contribution is -0.120. The first-order chi connectivity index (χ1) is 15.6. The molecule has 3 aromatic carbocycles. The molecule has 1 aromatic heterocycles. The van der Waals surface area contributed by atoms with Crippen LogP contribution in [0.1, 0.15) is 12.0 Å². The Kier molecular flexibility index (Phi) is 5.25. The monoisotopic (exact) mass is 430 g/mol. The van der Waals surface area contributed by atoms with E-state index in [0.717, 1.165) is 21.9 Å². The lowest BCUT2D eigenvalue weighted by Crippen LogP contribution is -2.43. The van der Waals surface area contributed by atoms with Gasteiger partial charge in [0.25, 0.3) is 0 Å². The Morgan fingerprint density at radius 3 is 2.59 bits per heavy atom. The maximum absolute atomic E-state index is 13.0. The number of ether oxygens (including phenoxy) is 1. The molecule has 0 saturated carbocycles. The number of fused-ring (bicyclic) bond motifs is 3. The number of nitrogens with one attached hydrogen (secondary N) is 1. The quantitative estimate of drug-likeness (QED) is 0.504. The molecule has 0 spiro atoms. The fourth-order valence-corrected chi connectivity index (χ4v) is 4.10. The van der Waals surface area contributed by atoms with Gasteiger partial charge in [-0.25, -0.2) is 4.79 Å². The van der Waals surface area contributed by atoms with Crippen molar-refractivity contribution in [2.75, 3.05) is 11.9 Å². The molecule has 0 bridgehead atoms. The second kappa shape index (κ2) is 8.36. The number of furan rings is 1. The smallest absolute Gasteiger partial charge is 0.410 e. The van der Waals surface area contributed by atoms with E-state index in [-0.39, 0.29) is 25.5 Å². The molecule has 32 heavy (non-hydrogen) atoms. The Bertz CT molecular complexity index is 1280. The van der Waals surface area contributed by atoms with Gasteiger partial charge in [0.05, 0.1) is 12.6 Å². The lowest BCUT2D eigenvalue weighted by atomic mass is 10.1. The number of anilines is 1. The molecule has 2 amide bonds. The lowest BCUT2D eigenvalue weighted by Gasteiger charge is -2.23. The zero-order valence-electron chi connectivity index (χ0n) is 17.2. The highest BCUT2D eigenvalue weighted by Crippen LogP contribution is 2.30. The van der Waals surface area contributed by atoms with Crippen LogP contribution in [0.15, 0.2) is 77.2 Å². The molecule has 7 heteroatoms. The average Bonchev–Trinajstić information content (AvgIpc) is 3.38. The van der Waals surface area contributed by atoms with E-state index in [4.69, 9.17) is 9.15 Å². The zero-order chi connectivity index (χ0) is 22.1. The Hall–Kier alpha value is -3.84. The van der Waals surface area contributed by atoms with Crippen molar-refractivity contribution in [3.8, 4) is 0 Å². The molecule has 7 nitrogen and oxygen atoms in total. The van der Waals surface area contributed by atoms with Crippen LogP contribution < -0.4 is 5.32 Å². The number of aliphatic hydroxyl groups excluding tert-OH is 1. The summed E-state index contributed by atoms with van der Waals surface area (Å²) in [5, 5.41) is 14.9. The first-order valence-electron chi connectivity index (χ1n) is 10.5. The van der Waals surface area contributed by atoms with Crippen molar-refractivity contribution >= 4 is 39.6 Å². The van der Waals surface area contributed by atoms with E-state index in [0.29, 0.717) is 11.3 Å². The van der Waals surface area contributed by atoms with E-state index in [1.807, 2.05) is 60.7 Å². The molecule has 1 saturated heterocycles. The van der Waals surface area contributed by atoms with Crippen molar-refractivity contribution in [2.24, 2.45) is 0 Å².